The molecule has 0 aliphatic carbocycles. The van der Waals surface area contributed by atoms with E-state index in [1.165, 1.54) is 12.8 Å². The van der Waals surface area contributed by atoms with Crippen molar-refractivity contribution in [1.82, 2.24) is 9.97 Å². The van der Waals surface area contributed by atoms with Crippen LogP contribution in [-0.2, 0) is 0 Å². The third-order valence-electron chi connectivity index (χ3n) is 3.97. The molecule has 1 aliphatic rings. The Kier molecular flexibility index (Phi) is 4.58. The molecule has 1 aromatic rings. The van der Waals surface area contributed by atoms with Crippen molar-refractivity contribution in [2.75, 3.05) is 29.9 Å². The van der Waals surface area contributed by atoms with Gasteiger partial charge in [-0.05, 0) is 33.1 Å². The molecule has 2 N–H and O–H groups in total. The molecular formula is C14H25N5. The number of nitrogens with two attached hydrogens (primary N) is 1. The summed E-state index contributed by atoms with van der Waals surface area (Å²) in [7, 11) is 2.06. The molecule has 0 bridgehead atoms. The Bertz CT molecular complexity index is 407. The normalized spacial score (nSPS) is 19.8. The number of aromatic nitrogens is 2. The lowest BCUT2D eigenvalue weighted by molar-refractivity contribution is 0.462. The second kappa shape index (κ2) is 6.19. The summed E-state index contributed by atoms with van der Waals surface area (Å²) in [6.07, 6.45) is 5.31. The van der Waals surface area contributed by atoms with Gasteiger partial charge in [0.15, 0.2) is 0 Å². The molecule has 0 spiro atoms. The lowest BCUT2D eigenvalue weighted by Gasteiger charge is -2.36. The van der Waals surface area contributed by atoms with E-state index in [-0.39, 0.29) is 0 Å². The van der Waals surface area contributed by atoms with Crippen LogP contribution in [0.15, 0.2) is 12.4 Å². The Labute approximate surface area is 115 Å². The van der Waals surface area contributed by atoms with Crippen molar-refractivity contribution in [3.63, 3.8) is 0 Å². The smallest absolute Gasteiger partial charge is 0.134 e. The van der Waals surface area contributed by atoms with Crippen LogP contribution in [0.5, 0.6) is 0 Å². The third-order valence-corrected chi connectivity index (χ3v) is 3.97. The maximum absolute atomic E-state index is 5.88. The summed E-state index contributed by atoms with van der Waals surface area (Å²) in [5.41, 5.74) is 5.88. The molecule has 0 saturated carbocycles. The van der Waals surface area contributed by atoms with Crippen molar-refractivity contribution >= 4 is 11.6 Å². The summed E-state index contributed by atoms with van der Waals surface area (Å²) in [6.45, 7) is 6.06. The second-order valence-corrected chi connectivity index (χ2v) is 5.52. The van der Waals surface area contributed by atoms with Gasteiger partial charge in [0.25, 0.3) is 0 Å². The summed E-state index contributed by atoms with van der Waals surface area (Å²) in [5.74, 6) is 1.98. The van der Waals surface area contributed by atoms with E-state index in [4.69, 9.17) is 5.73 Å². The molecule has 1 aromatic heterocycles. The molecule has 1 atom stereocenters. The van der Waals surface area contributed by atoms with Crippen LogP contribution in [0, 0.1) is 0 Å². The maximum Gasteiger partial charge on any atom is 0.134 e. The standard InChI is InChI=1S/C14H25N5/c1-11(2)18(3)13-8-14(17-10-16-13)19-7-5-4-6-12(19)9-15/h8,10-12H,4-7,9,15H2,1-3H3. The van der Waals surface area contributed by atoms with Gasteiger partial charge >= 0.3 is 0 Å². The number of rotatable bonds is 4. The molecule has 1 fully saturated rings. The summed E-state index contributed by atoms with van der Waals surface area (Å²) in [5, 5.41) is 0. The Morgan fingerprint density at radius 2 is 2.21 bits per heavy atom. The average Bonchev–Trinajstić information content (AvgIpc) is 2.46. The Morgan fingerprint density at radius 1 is 1.42 bits per heavy atom. The van der Waals surface area contributed by atoms with Gasteiger partial charge in [-0.3, -0.25) is 0 Å². The SMILES string of the molecule is CC(C)N(C)c1cc(N2CCCCC2CN)ncn1. The molecule has 1 saturated heterocycles. The number of hydrogen-bond donors (Lipinski definition) is 1. The van der Waals surface area contributed by atoms with Gasteiger partial charge in [-0.15, -0.1) is 0 Å². The first-order chi connectivity index (χ1) is 9.13. The Morgan fingerprint density at radius 3 is 2.89 bits per heavy atom. The van der Waals surface area contributed by atoms with E-state index in [9.17, 15) is 0 Å². The molecule has 2 heterocycles. The van der Waals surface area contributed by atoms with Crippen LogP contribution in [-0.4, -0.2) is 42.2 Å². The predicted octanol–water partition coefficient (Wildman–Crippen LogP) is 1.64. The van der Waals surface area contributed by atoms with Crippen LogP contribution in [0.2, 0.25) is 0 Å². The van der Waals surface area contributed by atoms with Crippen molar-refractivity contribution in [2.45, 2.75) is 45.2 Å². The van der Waals surface area contributed by atoms with Crippen molar-refractivity contribution in [2.24, 2.45) is 5.73 Å². The number of anilines is 2. The number of hydrogen-bond acceptors (Lipinski definition) is 5. The molecule has 0 amide bonds. The summed E-state index contributed by atoms with van der Waals surface area (Å²) in [6, 6.07) is 2.92. The Balaban J connectivity index is 2.22. The van der Waals surface area contributed by atoms with Gasteiger partial charge in [-0.25, -0.2) is 9.97 Å². The van der Waals surface area contributed by atoms with Gasteiger partial charge < -0.3 is 15.5 Å². The van der Waals surface area contributed by atoms with E-state index in [1.807, 2.05) is 0 Å². The lowest BCUT2D eigenvalue weighted by Crippen LogP contribution is -2.44. The molecule has 2 rings (SSSR count). The molecule has 1 unspecified atom stereocenters. The molecule has 19 heavy (non-hydrogen) atoms. The fourth-order valence-electron chi connectivity index (χ4n) is 2.50. The average molecular weight is 263 g/mol. The first-order valence-electron chi connectivity index (χ1n) is 7.15. The van der Waals surface area contributed by atoms with Crippen molar-refractivity contribution in [3.05, 3.63) is 12.4 Å². The van der Waals surface area contributed by atoms with Crippen LogP contribution in [0.25, 0.3) is 0 Å². The van der Waals surface area contributed by atoms with Gasteiger partial charge in [0, 0.05) is 38.3 Å². The largest absolute Gasteiger partial charge is 0.357 e. The van der Waals surface area contributed by atoms with E-state index in [2.05, 4.69) is 46.7 Å². The zero-order chi connectivity index (χ0) is 13.8. The van der Waals surface area contributed by atoms with Crippen molar-refractivity contribution < 1.29 is 0 Å². The quantitative estimate of drug-likeness (QED) is 0.895. The molecule has 1 aliphatic heterocycles. The maximum atomic E-state index is 5.88. The highest BCUT2D eigenvalue weighted by atomic mass is 15.3. The van der Waals surface area contributed by atoms with Gasteiger partial charge in [-0.1, -0.05) is 0 Å². The number of nitrogens with zero attached hydrogens (tertiary/aromatic N) is 4. The minimum atomic E-state index is 0.417. The van der Waals surface area contributed by atoms with E-state index in [0.29, 0.717) is 18.6 Å². The van der Waals surface area contributed by atoms with Crippen LogP contribution in [0.3, 0.4) is 0 Å². The lowest BCUT2D eigenvalue weighted by atomic mass is 10.0. The molecule has 5 heteroatoms. The summed E-state index contributed by atoms with van der Waals surface area (Å²) in [4.78, 5) is 13.3. The highest BCUT2D eigenvalue weighted by Gasteiger charge is 2.23. The van der Waals surface area contributed by atoms with Gasteiger partial charge in [0.2, 0.25) is 0 Å². The van der Waals surface area contributed by atoms with Gasteiger partial charge in [0.1, 0.15) is 18.0 Å². The van der Waals surface area contributed by atoms with Crippen LogP contribution in [0.1, 0.15) is 33.1 Å². The van der Waals surface area contributed by atoms with Crippen molar-refractivity contribution in [1.29, 1.82) is 0 Å². The zero-order valence-electron chi connectivity index (χ0n) is 12.2. The van der Waals surface area contributed by atoms with Crippen LogP contribution in [0.4, 0.5) is 11.6 Å². The summed E-state index contributed by atoms with van der Waals surface area (Å²) < 4.78 is 0. The minimum absolute atomic E-state index is 0.417. The fourth-order valence-corrected chi connectivity index (χ4v) is 2.50. The first-order valence-corrected chi connectivity index (χ1v) is 7.15. The highest BCUT2D eigenvalue weighted by molar-refractivity contribution is 5.51. The summed E-state index contributed by atoms with van der Waals surface area (Å²) >= 11 is 0. The fraction of sp³-hybridized carbons (Fsp3) is 0.714. The number of piperidine rings is 1. The topological polar surface area (TPSA) is 58.3 Å². The zero-order valence-corrected chi connectivity index (χ0v) is 12.2. The molecule has 5 nitrogen and oxygen atoms in total. The van der Waals surface area contributed by atoms with Crippen LogP contribution < -0.4 is 15.5 Å². The molecule has 106 valence electrons. The van der Waals surface area contributed by atoms with Gasteiger partial charge in [0.05, 0.1) is 0 Å². The predicted molar refractivity (Wildman–Crippen MR) is 79.6 cm³/mol. The van der Waals surface area contributed by atoms with E-state index in [1.54, 1.807) is 6.33 Å². The van der Waals surface area contributed by atoms with E-state index in [0.717, 1.165) is 24.6 Å². The monoisotopic (exact) mass is 263 g/mol. The van der Waals surface area contributed by atoms with E-state index >= 15 is 0 Å². The second-order valence-electron chi connectivity index (χ2n) is 5.52. The van der Waals surface area contributed by atoms with Crippen LogP contribution >= 0.6 is 0 Å². The molecular weight excluding hydrogens is 238 g/mol. The first kappa shape index (κ1) is 14.1. The third kappa shape index (κ3) is 3.15. The Hall–Kier alpha value is -1.36. The molecule has 0 aromatic carbocycles. The highest BCUT2D eigenvalue weighted by Crippen LogP contribution is 2.24. The van der Waals surface area contributed by atoms with E-state index < -0.39 is 0 Å². The van der Waals surface area contributed by atoms with Crippen molar-refractivity contribution in [3.8, 4) is 0 Å². The van der Waals surface area contributed by atoms with Gasteiger partial charge in [-0.2, -0.15) is 0 Å². The minimum Gasteiger partial charge on any atom is -0.357 e. The molecule has 0 radical (unpaired) electrons.